The minimum Gasteiger partial charge on any atom is -0.381 e. The maximum Gasteiger partial charge on any atom is 0.348 e. The van der Waals surface area contributed by atoms with Crippen LogP contribution in [0.5, 0.6) is 0 Å². The van der Waals surface area contributed by atoms with Gasteiger partial charge in [0.05, 0.1) is 6.61 Å². The van der Waals surface area contributed by atoms with Gasteiger partial charge in [-0.05, 0) is 39.3 Å². The van der Waals surface area contributed by atoms with E-state index in [4.69, 9.17) is 4.74 Å². The highest BCUT2D eigenvalue weighted by molar-refractivity contribution is 5.07. The summed E-state index contributed by atoms with van der Waals surface area (Å²) in [5.74, 6) is 0.481. The first-order chi connectivity index (χ1) is 9.61. The van der Waals surface area contributed by atoms with E-state index in [1.54, 1.807) is 4.57 Å². The Morgan fingerprint density at radius 1 is 1.55 bits per heavy atom. The van der Waals surface area contributed by atoms with E-state index in [2.05, 4.69) is 17.2 Å². The molecule has 0 aliphatic carbocycles. The summed E-state index contributed by atoms with van der Waals surface area (Å²) in [5, 5.41) is 3.56. The van der Waals surface area contributed by atoms with Crippen molar-refractivity contribution in [3.8, 4) is 0 Å². The molecule has 0 saturated carbocycles. The summed E-state index contributed by atoms with van der Waals surface area (Å²) in [5.41, 5.74) is 1.61. The summed E-state index contributed by atoms with van der Waals surface area (Å²) < 4.78 is 7.27. The van der Waals surface area contributed by atoms with Crippen LogP contribution < -0.4 is 11.0 Å². The number of rotatable bonds is 6. The van der Waals surface area contributed by atoms with E-state index in [1.165, 1.54) is 0 Å². The van der Waals surface area contributed by atoms with Crippen LogP contribution in [0.3, 0.4) is 0 Å². The van der Waals surface area contributed by atoms with Crippen LogP contribution >= 0.6 is 0 Å². The number of ether oxygens (including phenoxy) is 1. The molecular formula is C15H25N3O2. The molecule has 1 aromatic heterocycles. The predicted octanol–water partition coefficient (Wildman–Crippen LogP) is 1.26. The normalized spacial score (nSPS) is 20.2. The van der Waals surface area contributed by atoms with E-state index >= 15 is 0 Å². The van der Waals surface area contributed by atoms with Crippen molar-refractivity contribution in [1.82, 2.24) is 14.9 Å². The van der Waals surface area contributed by atoms with Crippen LogP contribution in [-0.2, 0) is 11.3 Å². The van der Waals surface area contributed by atoms with Crippen LogP contribution in [0, 0.1) is 19.8 Å². The van der Waals surface area contributed by atoms with E-state index in [0.29, 0.717) is 12.5 Å². The third kappa shape index (κ3) is 3.67. The van der Waals surface area contributed by atoms with Crippen molar-refractivity contribution in [2.75, 3.05) is 19.8 Å². The van der Waals surface area contributed by atoms with E-state index in [1.807, 2.05) is 19.9 Å². The fourth-order valence-corrected chi connectivity index (χ4v) is 2.77. The monoisotopic (exact) mass is 279 g/mol. The largest absolute Gasteiger partial charge is 0.381 e. The maximum absolute atomic E-state index is 12.1. The van der Waals surface area contributed by atoms with Crippen molar-refractivity contribution in [1.29, 1.82) is 0 Å². The van der Waals surface area contributed by atoms with E-state index < -0.39 is 0 Å². The Hall–Kier alpha value is -1.20. The molecule has 20 heavy (non-hydrogen) atoms. The quantitative estimate of drug-likeness (QED) is 0.852. The minimum atomic E-state index is -0.148. The van der Waals surface area contributed by atoms with Gasteiger partial charge in [0.25, 0.3) is 0 Å². The molecule has 0 spiro atoms. The average molecular weight is 279 g/mol. The van der Waals surface area contributed by atoms with Gasteiger partial charge < -0.3 is 10.1 Å². The van der Waals surface area contributed by atoms with Crippen molar-refractivity contribution in [3.63, 3.8) is 0 Å². The molecule has 5 nitrogen and oxygen atoms in total. The molecule has 0 aromatic carbocycles. The molecule has 5 heteroatoms. The van der Waals surface area contributed by atoms with Crippen LogP contribution in [0.2, 0.25) is 0 Å². The first-order valence-electron chi connectivity index (χ1n) is 7.48. The molecule has 1 aliphatic heterocycles. The molecule has 0 amide bonds. The lowest BCUT2D eigenvalue weighted by Crippen LogP contribution is -2.43. The van der Waals surface area contributed by atoms with Gasteiger partial charge in [0, 0.05) is 36.5 Å². The molecule has 1 aromatic rings. The average Bonchev–Trinajstić information content (AvgIpc) is 2.91. The van der Waals surface area contributed by atoms with Crippen LogP contribution in [0.1, 0.15) is 31.2 Å². The number of hydrogen-bond acceptors (Lipinski definition) is 4. The van der Waals surface area contributed by atoms with Gasteiger partial charge in [-0.15, -0.1) is 0 Å². The first-order valence-corrected chi connectivity index (χ1v) is 7.48. The van der Waals surface area contributed by atoms with Gasteiger partial charge in [0.15, 0.2) is 0 Å². The molecule has 112 valence electrons. The molecule has 2 heterocycles. The van der Waals surface area contributed by atoms with Crippen molar-refractivity contribution in [3.05, 3.63) is 27.9 Å². The molecule has 1 saturated heterocycles. The van der Waals surface area contributed by atoms with Crippen LogP contribution in [0.4, 0.5) is 0 Å². The van der Waals surface area contributed by atoms with Gasteiger partial charge in [-0.2, -0.15) is 4.98 Å². The molecular weight excluding hydrogens is 254 g/mol. The summed E-state index contributed by atoms with van der Waals surface area (Å²) in [4.78, 5) is 16.1. The van der Waals surface area contributed by atoms with E-state index in [9.17, 15) is 4.79 Å². The summed E-state index contributed by atoms with van der Waals surface area (Å²) >= 11 is 0. The highest BCUT2D eigenvalue weighted by Crippen LogP contribution is 2.18. The lowest BCUT2D eigenvalue weighted by molar-refractivity contribution is 0.173. The zero-order chi connectivity index (χ0) is 14.5. The summed E-state index contributed by atoms with van der Waals surface area (Å²) in [6.45, 7) is 9.23. The second-order valence-corrected chi connectivity index (χ2v) is 5.62. The zero-order valence-electron chi connectivity index (χ0n) is 12.7. The second kappa shape index (κ2) is 6.99. The lowest BCUT2D eigenvalue weighted by atomic mass is 9.98. The van der Waals surface area contributed by atoms with Gasteiger partial charge in [-0.25, -0.2) is 4.79 Å². The lowest BCUT2D eigenvalue weighted by Gasteiger charge is -2.25. The number of hydrogen-bond donors (Lipinski definition) is 1. The minimum absolute atomic E-state index is 0.148. The Balaban J connectivity index is 2.16. The van der Waals surface area contributed by atoms with Gasteiger partial charge >= 0.3 is 5.69 Å². The van der Waals surface area contributed by atoms with Crippen molar-refractivity contribution in [2.45, 2.75) is 46.2 Å². The summed E-state index contributed by atoms with van der Waals surface area (Å²) in [6.07, 6.45) is 2.15. The first kappa shape index (κ1) is 15.2. The Kier molecular flexibility index (Phi) is 5.31. The van der Waals surface area contributed by atoms with Gasteiger partial charge in [0.1, 0.15) is 0 Å². The molecule has 2 atom stereocenters. The summed E-state index contributed by atoms with van der Waals surface area (Å²) in [6, 6.07) is 2.24. The van der Waals surface area contributed by atoms with Gasteiger partial charge in [-0.1, -0.05) is 6.92 Å². The van der Waals surface area contributed by atoms with Crippen LogP contribution in [0.15, 0.2) is 10.9 Å². The van der Waals surface area contributed by atoms with Gasteiger partial charge in [0.2, 0.25) is 0 Å². The Morgan fingerprint density at radius 3 is 2.95 bits per heavy atom. The maximum atomic E-state index is 12.1. The standard InChI is InChI=1S/C15H25N3O2/c1-4-6-16-14(13-5-7-20-10-13)9-18-12(3)8-11(2)17-15(18)19/h8,13-14,16H,4-7,9-10H2,1-3H3. The topological polar surface area (TPSA) is 56.2 Å². The summed E-state index contributed by atoms with van der Waals surface area (Å²) in [7, 11) is 0. The zero-order valence-corrected chi connectivity index (χ0v) is 12.7. The predicted molar refractivity (Wildman–Crippen MR) is 79.0 cm³/mol. The number of aromatic nitrogens is 2. The third-order valence-electron chi connectivity index (χ3n) is 3.92. The number of nitrogens with one attached hydrogen (secondary N) is 1. The van der Waals surface area contributed by atoms with Gasteiger partial charge in [-0.3, -0.25) is 4.57 Å². The smallest absolute Gasteiger partial charge is 0.348 e. The third-order valence-corrected chi connectivity index (χ3v) is 3.92. The van der Waals surface area contributed by atoms with Crippen molar-refractivity contribution in [2.24, 2.45) is 5.92 Å². The van der Waals surface area contributed by atoms with Crippen molar-refractivity contribution < 1.29 is 4.74 Å². The Labute approximate surface area is 120 Å². The molecule has 1 aliphatic rings. The number of aryl methyl sites for hydroxylation is 2. The molecule has 2 unspecified atom stereocenters. The van der Waals surface area contributed by atoms with E-state index in [0.717, 1.165) is 44.0 Å². The fraction of sp³-hybridized carbons (Fsp3) is 0.733. The molecule has 1 N–H and O–H groups in total. The Morgan fingerprint density at radius 2 is 2.35 bits per heavy atom. The SMILES string of the molecule is CCCNC(Cn1c(C)cc(C)nc1=O)C1CCOC1. The number of nitrogens with zero attached hydrogens (tertiary/aromatic N) is 2. The molecule has 0 radical (unpaired) electrons. The second-order valence-electron chi connectivity index (χ2n) is 5.62. The van der Waals surface area contributed by atoms with Crippen LogP contribution in [-0.4, -0.2) is 35.4 Å². The van der Waals surface area contributed by atoms with Crippen LogP contribution in [0.25, 0.3) is 0 Å². The highest BCUT2D eigenvalue weighted by atomic mass is 16.5. The Bertz CT molecular complexity index is 492. The molecule has 1 fully saturated rings. The fourth-order valence-electron chi connectivity index (χ4n) is 2.77. The van der Waals surface area contributed by atoms with E-state index in [-0.39, 0.29) is 11.7 Å². The highest BCUT2D eigenvalue weighted by Gasteiger charge is 2.26. The molecule has 2 rings (SSSR count). The molecule has 0 bridgehead atoms. The van der Waals surface area contributed by atoms with Crippen molar-refractivity contribution >= 4 is 0 Å².